The molecule has 0 heterocycles. The number of hydrogen-bond acceptors (Lipinski definition) is 1. The molecule has 0 saturated heterocycles. The van der Waals surface area contributed by atoms with E-state index >= 15 is 0 Å². The minimum atomic E-state index is 0. The van der Waals surface area contributed by atoms with Crippen LogP contribution in [0.25, 0.3) is 0 Å². The summed E-state index contributed by atoms with van der Waals surface area (Å²) in [6.45, 7) is 2.96. The van der Waals surface area contributed by atoms with E-state index in [0.717, 1.165) is 6.54 Å². The average molecular weight is 177 g/mol. The predicted octanol–water partition coefficient (Wildman–Crippen LogP) is 0.997. The van der Waals surface area contributed by atoms with Gasteiger partial charge >= 0.3 is 37.7 Å². The zero-order valence-corrected chi connectivity index (χ0v) is 9.14. The van der Waals surface area contributed by atoms with E-state index in [1.165, 1.54) is 0 Å². The van der Waals surface area contributed by atoms with Crippen LogP contribution in [-0.2, 0) is 0 Å². The number of hydrogen-bond donors (Lipinski definition) is 1. The fraction of sp³-hybridized carbons (Fsp3) is 0.750. The summed E-state index contributed by atoms with van der Waals surface area (Å²) in [6, 6.07) is 0. The Balaban J connectivity index is -0.0000000600. The molecule has 0 saturated carbocycles. The fourth-order valence-electron chi connectivity index (χ4n) is 0.135. The fourth-order valence-corrected chi connectivity index (χ4v) is 0.406. The third-order valence-electron chi connectivity index (χ3n) is 0.801. The van der Waals surface area contributed by atoms with Gasteiger partial charge in [0.05, 0.1) is 0 Å². The molecule has 8 heavy (non-hydrogen) atoms. The normalized spacial score (nSPS) is 7.38. The van der Waals surface area contributed by atoms with Crippen LogP contribution in [0.3, 0.4) is 0 Å². The second-order valence-electron chi connectivity index (χ2n) is 1.30. The number of nitrogens with zero attached hydrogens (tertiary/aromatic N) is 1. The Morgan fingerprint density at radius 2 is 2.25 bits per heavy atom. The van der Waals surface area contributed by atoms with Gasteiger partial charge in [-0.3, -0.25) is 0 Å². The molecule has 46 valence electrons. The first-order valence-corrected chi connectivity index (χ1v) is 2.98. The van der Waals surface area contributed by atoms with Crippen LogP contribution in [0.1, 0.15) is 9.78 Å². The van der Waals surface area contributed by atoms with Crippen molar-refractivity contribution in [1.82, 2.24) is 4.90 Å². The molecule has 0 aliphatic heterocycles. The van der Waals surface area contributed by atoms with Crippen LogP contribution in [0.15, 0.2) is 0 Å². The van der Waals surface area contributed by atoms with Crippen molar-refractivity contribution in [2.24, 2.45) is 0 Å². The molecule has 0 radical (unpaired) electrons. The molecule has 0 aliphatic rings. The molecule has 0 unspecified atom stereocenters. The standard InChI is InChI=1S/C4H9NS2.Ca.2H/c1-3-5(2)4(6)7;;;/h3H2,1-2H3,(H,6,7);;;/q;+2;2*-1. The molecule has 1 nitrogen and oxygen atoms in total. The SMILES string of the molecule is CCN(C)C(=S)S.[Ca+2].[H-].[H-]. The summed E-state index contributed by atoms with van der Waals surface area (Å²) in [4.78, 5) is 1.89. The van der Waals surface area contributed by atoms with E-state index in [9.17, 15) is 0 Å². The monoisotopic (exact) mass is 177 g/mol. The van der Waals surface area contributed by atoms with Crippen molar-refractivity contribution < 1.29 is 2.85 Å². The molecule has 0 aromatic heterocycles. The summed E-state index contributed by atoms with van der Waals surface area (Å²) in [7, 11) is 1.91. The van der Waals surface area contributed by atoms with Gasteiger partial charge in [-0.15, -0.1) is 12.6 Å². The third kappa shape index (κ3) is 5.63. The summed E-state index contributed by atoms with van der Waals surface area (Å²) < 4.78 is 0.655. The van der Waals surface area contributed by atoms with Crippen molar-refractivity contribution in [2.45, 2.75) is 6.92 Å². The van der Waals surface area contributed by atoms with E-state index in [2.05, 4.69) is 12.6 Å². The Morgan fingerprint density at radius 1 is 1.88 bits per heavy atom. The van der Waals surface area contributed by atoms with Gasteiger partial charge in [0.15, 0.2) is 0 Å². The minimum absolute atomic E-state index is 0. The van der Waals surface area contributed by atoms with E-state index in [-0.39, 0.29) is 40.6 Å². The van der Waals surface area contributed by atoms with Gasteiger partial charge in [0, 0.05) is 13.6 Å². The predicted molar refractivity (Wildman–Crippen MR) is 47.9 cm³/mol. The van der Waals surface area contributed by atoms with Crippen molar-refractivity contribution in [1.29, 1.82) is 0 Å². The molecule has 0 N–H and O–H groups in total. The molecule has 0 rings (SSSR count). The van der Waals surface area contributed by atoms with E-state index in [1.807, 2.05) is 18.9 Å². The van der Waals surface area contributed by atoms with Gasteiger partial charge in [-0.2, -0.15) is 0 Å². The van der Waals surface area contributed by atoms with Gasteiger partial charge in [0.1, 0.15) is 4.32 Å². The molecule has 0 amide bonds. The van der Waals surface area contributed by atoms with Crippen molar-refractivity contribution in [2.75, 3.05) is 13.6 Å². The van der Waals surface area contributed by atoms with Crippen LogP contribution < -0.4 is 0 Å². The van der Waals surface area contributed by atoms with Crippen LogP contribution in [0, 0.1) is 0 Å². The third-order valence-corrected chi connectivity index (χ3v) is 1.45. The van der Waals surface area contributed by atoms with Crippen LogP contribution in [0.5, 0.6) is 0 Å². The molecule has 0 aromatic rings. The first-order valence-electron chi connectivity index (χ1n) is 2.12. The van der Waals surface area contributed by atoms with Gasteiger partial charge in [0.2, 0.25) is 0 Å². The van der Waals surface area contributed by atoms with Crippen molar-refractivity contribution in [3.8, 4) is 0 Å². The van der Waals surface area contributed by atoms with Crippen molar-refractivity contribution >= 4 is 66.9 Å². The Hall–Kier alpha value is 1.50. The van der Waals surface area contributed by atoms with Gasteiger partial charge < -0.3 is 7.75 Å². The van der Waals surface area contributed by atoms with E-state index in [4.69, 9.17) is 12.2 Å². The molecule has 0 atom stereocenters. The molecule has 0 fully saturated rings. The molecule has 0 spiro atoms. The van der Waals surface area contributed by atoms with Crippen LogP contribution >= 0.6 is 24.8 Å². The van der Waals surface area contributed by atoms with Crippen LogP contribution in [-0.4, -0.2) is 60.6 Å². The first kappa shape index (κ1) is 12.2. The summed E-state index contributed by atoms with van der Waals surface area (Å²) in [6.07, 6.45) is 0. The Morgan fingerprint density at radius 3 is 2.25 bits per heavy atom. The summed E-state index contributed by atoms with van der Waals surface area (Å²) in [5.74, 6) is 0. The average Bonchev–Trinajstić information content (AvgIpc) is 1.65. The Bertz CT molecular complexity index is 83.7. The first-order chi connectivity index (χ1) is 3.18. The second-order valence-corrected chi connectivity index (χ2v) is 2.41. The van der Waals surface area contributed by atoms with Gasteiger partial charge in [-0.25, -0.2) is 0 Å². The number of thiol groups is 1. The maximum Gasteiger partial charge on any atom is 2.00 e. The summed E-state index contributed by atoms with van der Waals surface area (Å²) in [5, 5.41) is 0. The van der Waals surface area contributed by atoms with Gasteiger partial charge in [-0.1, -0.05) is 12.2 Å². The molecule has 0 aliphatic carbocycles. The summed E-state index contributed by atoms with van der Waals surface area (Å²) >= 11 is 8.64. The van der Waals surface area contributed by atoms with E-state index in [1.54, 1.807) is 0 Å². The molecular weight excluding hydrogens is 166 g/mol. The molecule has 0 aromatic carbocycles. The largest absolute Gasteiger partial charge is 2.00 e. The molecular formula is C4H11CaNS2. The van der Waals surface area contributed by atoms with Gasteiger partial charge in [-0.05, 0) is 6.92 Å². The molecule has 4 heteroatoms. The van der Waals surface area contributed by atoms with Gasteiger partial charge in [0.25, 0.3) is 0 Å². The van der Waals surface area contributed by atoms with Crippen LogP contribution in [0.2, 0.25) is 0 Å². The maximum atomic E-state index is 4.71. The zero-order valence-electron chi connectivity index (χ0n) is 7.22. The van der Waals surface area contributed by atoms with Crippen molar-refractivity contribution in [3.05, 3.63) is 0 Å². The topological polar surface area (TPSA) is 3.24 Å². The Labute approximate surface area is 94.2 Å². The smallest absolute Gasteiger partial charge is 1.00 e. The van der Waals surface area contributed by atoms with E-state index in [0.29, 0.717) is 4.32 Å². The maximum absolute atomic E-state index is 4.71. The molecule has 0 bridgehead atoms. The quantitative estimate of drug-likeness (QED) is 0.361. The van der Waals surface area contributed by atoms with E-state index < -0.39 is 0 Å². The number of thiocarbonyl (C=S) groups is 1. The Kier molecular flexibility index (Phi) is 10.1. The minimum Gasteiger partial charge on any atom is -1.00 e. The van der Waals surface area contributed by atoms with Crippen molar-refractivity contribution in [3.63, 3.8) is 0 Å². The number of rotatable bonds is 1. The van der Waals surface area contributed by atoms with Crippen LogP contribution in [0.4, 0.5) is 0 Å². The second kappa shape index (κ2) is 6.62. The summed E-state index contributed by atoms with van der Waals surface area (Å²) in [5.41, 5.74) is 0. The zero-order chi connectivity index (χ0) is 5.86.